The summed E-state index contributed by atoms with van der Waals surface area (Å²) >= 11 is 1.61. The number of nitrogens with zero attached hydrogens (tertiary/aromatic N) is 2. The summed E-state index contributed by atoms with van der Waals surface area (Å²) < 4.78 is 10.6. The molecule has 1 aliphatic rings. The third kappa shape index (κ3) is 5.73. The molecule has 1 fully saturated rings. The van der Waals surface area contributed by atoms with Crippen molar-refractivity contribution in [1.29, 1.82) is 0 Å². The van der Waals surface area contributed by atoms with Gasteiger partial charge in [-0.05, 0) is 42.0 Å². The number of ether oxygens (including phenoxy) is 2. The molecule has 2 aromatic rings. The van der Waals surface area contributed by atoms with E-state index in [1.807, 2.05) is 45.5 Å². The van der Waals surface area contributed by atoms with E-state index in [2.05, 4.69) is 0 Å². The minimum Gasteiger partial charge on any atom is -0.493 e. The number of thiophene rings is 1. The normalized spacial score (nSPS) is 14.4. The van der Waals surface area contributed by atoms with Crippen molar-refractivity contribution in [3.05, 3.63) is 46.2 Å². The standard InChI is InChI=1S/C22H28N2O4S/c1-27-19-8-6-17(15-20(19)28-2)7-9-21(25)23-10-4-11-24(13-12-23)22(26)16-18-5-3-14-29-18/h3,5-6,8,14-15H,4,7,9-13,16H2,1-2H3. The van der Waals surface area contributed by atoms with Crippen molar-refractivity contribution in [2.75, 3.05) is 40.4 Å². The van der Waals surface area contributed by atoms with Gasteiger partial charge in [0.1, 0.15) is 0 Å². The average molecular weight is 417 g/mol. The highest BCUT2D eigenvalue weighted by Gasteiger charge is 2.22. The molecule has 2 amide bonds. The third-order valence-electron chi connectivity index (χ3n) is 5.18. The minimum atomic E-state index is 0.132. The summed E-state index contributed by atoms with van der Waals surface area (Å²) in [4.78, 5) is 30.1. The summed E-state index contributed by atoms with van der Waals surface area (Å²) in [6.45, 7) is 2.62. The second-order valence-corrected chi connectivity index (χ2v) is 8.09. The number of methoxy groups -OCH3 is 2. The van der Waals surface area contributed by atoms with Gasteiger partial charge in [-0.15, -0.1) is 11.3 Å². The molecule has 0 saturated carbocycles. The number of amides is 2. The molecule has 0 N–H and O–H groups in total. The quantitative estimate of drug-likeness (QED) is 0.696. The summed E-state index contributed by atoms with van der Waals surface area (Å²) in [5.41, 5.74) is 1.04. The minimum absolute atomic E-state index is 0.132. The van der Waals surface area contributed by atoms with E-state index < -0.39 is 0 Å². The molecule has 156 valence electrons. The molecular formula is C22H28N2O4S. The summed E-state index contributed by atoms with van der Waals surface area (Å²) in [5, 5.41) is 1.99. The molecule has 3 rings (SSSR count). The highest BCUT2D eigenvalue weighted by molar-refractivity contribution is 7.10. The van der Waals surface area contributed by atoms with Crippen LogP contribution in [0.2, 0.25) is 0 Å². The largest absolute Gasteiger partial charge is 0.493 e. The van der Waals surface area contributed by atoms with Gasteiger partial charge < -0.3 is 19.3 Å². The molecule has 29 heavy (non-hydrogen) atoms. The maximum Gasteiger partial charge on any atom is 0.227 e. The van der Waals surface area contributed by atoms with Crippen molar-refractivity contribution in [1.82, 2.24) is 9.80 Å². The number of hydrogen-bond acceptors (Lipinski definition) is 5. The lowest BCUT2D eigenvalue weighted by atomic mass is 10.1. The van der Waals surface area contributed by atoms with Crippen molar-refractivity contribution < 1.29 is 19.1 Å². The molecule has 0 unspecified atom stereocenters. The van der Waals surface area contributed by atoms with E-state index in [-0.39, 0.29) is 11.8 Å². The molecule has 0 radical (unpaired) electrons. The first kappa shape index (κ1) is 21.2. The Hall–Kier alpha value is -2.54. The molecule has 1 saturated heterocycles. The molecule has 0 aliphatic carbocycles. The van der Waals surface area contributed by atoms with Gasteiger partial charge in [-0.2, -0.15) is 0 Å². The summed E-state index contributed by atoms with van der Waals surface area (Å²) in [7, 11) is 3.21. The first-order chi connectivity index (χ1) is 14.1. The Bertz CT molecular complexity index is 822. The van der Waals surface area contributed by atoms with E-state index in [1.165, 1.54) is 0 Å². The lowest BCUT2D eigenvalue weighted by Crippen LogP contribution is -2.38. The van der Waals surface area contributed by atoms with Crippen molar-refractivity contribution in [2.24, 2.45) is 0 Å². The summed E-state index contributed by atoms with van der Waals surface area (Å²) in [6.07, 6.45) is 2.36. The topological polar surface area (TPSA) is 59.1 Å². The second kappa shape index (κ2) is 10.3. The SMILES string of the molecule is COc1ccc(CCC(=O)N2CCCN(C(=O)Cc3cccs3)CC2)cc1OC. The smallest absolute Gasteiger partial charge is 0.227 e. The summed E-state index contributed by atoms with van der Waals surface area (Å²) in [5.74, 6) is 1.63. The highest BCUT2D eigenvalue weighted by atomic mass is 32.1. The molecule has 1 aliphatic heterocycles. The molecule has 6 nitrogen and oxygen atoms in total. The third-order valence-corrected chi connectivity index (χ3v) is 6.06. The Labute approximate surface area is 176 Å². The van der Waals surface area contributed by atoms with Gasteiger partial charge in [-0.25, -0.2) is 0 Å². The van der Waals surface area contributed by atoms with Crippen LogP contribution in [0.3, 0.4) is 0 Å². The van der Waals surface area contributed by atoms with E-state index in [9.17, 15) is 9.59 Å². The van der Waals surface area contributed by atoms with Gasteiger partial charge in [-0.3, -0.25) is 9.59 Å². The number of hydrogen-bond donors (Lipinski definition) is 0. The van der Waals surface area contributed by atoms with Crippen LogP contribution in [0.5, 0.6) is 11.5 Å². The second-order valence-electron chi connectivity index (χ2n) is 7.06. The number of rotatable bonds is 7. The van der Waals surface area contributed by atoms with Crippen molar-refractivity contribution in [3.8, 4) is 11.5 Å². The Kier molecular flexibility index (Phi) is 7.52. The molecular weight excluding hydrogens is 388 g/mol. The zero-order valence-corrected chi connectivity index (χ0v) is 17.9. The molecule has 0 spiro atoms. The Morgan fingerprint density at radius 2 is 1.69 bits per heavy atom. The van der Waals surface area contributed by atoms with Crippen molar-refractivity contribution in [3.63, 3.8) is 0 Å². The Balaban J connectivity index is 1.49. The van der Waals surface area contributed by atoms with Gasteiger partial charge >= 0.3 is 0 Å². The van der Waals surface area contributed by atoms with Crippen LogP contribution in [0.4, 0.5) is 0 Å². The monoisotopic (exact) mass is 416 g/mol. The molecule has 0 bridgehead atoms. The zero-order chi connectivity index (χ0) is 20.6. The van der Waals surface area contributed by atoms with Crippen molar-refractivity contribution in [2.45, 2.75) is 25.7 Å². The first-order valence-corrected chi connectivity index (χ1v) is 10.8. The van der Waals surface area contributed by atoms with Crippen LogP contribution in [0.1, 0.15) is 23.3 Å². The van der Waals surface area contributed by atoms with Gasteiger partial charge in [0.25, 0.3) is 0 Å². The van der Waals surface area contributed by atoms with Crippen LogP contribution < -0.4 is 9.47 Å². The van der Waals surface area contributed by atoms with Crippen LogP contribution in [0.25, 0.3) is 0 Å². The fourth-order valence-corrected chi connectivity index (χ4v) is 4.23. The van der Waals surface area contributed by atoms with Gasteiger partial charge in [0.05, 0.1) is 20.6 Å². The number of carbonyl (C=O) groups excluding carboxylic acids is 2. The van der Waals surface area contributed by atoms with E-state index in [4.69, 9.17) is 9.47 Å². The fraction of sp³-hybridized carbons (Fsp3) is 0.455. The molecule has 0 atom stereocenters. The predicted molar refractivity (Wildman–Crippen MR) is 114 cm³/mol. The van der Waals surface area contributed by atoms with Gasteiger partial charge in [0.2, 0.25) is 11.8 Å². The Morgan fingerprint density at radius 1 is 0.966 bits per heavy atom. The molecule has 1 aromatic heterocycles. The summed E-state index contributed by atoms with van der Waals surface area (Å²) in [6, 6.07) is 9.70. The van der Waals surface area contributed by atoms with Crippen LogP contribution in [0.15, 0.2) is 35.7 Å². The van der Waals surface area contributed by atoms with Crippen LogP contribution in [-0.2, 0) is 22.4 Å². The Morgan fingerprint density at radius 3 is 2.34 bits per heavy atom. The van der Waals surface area contributed by atoms with E-state index in [0.717, 1.165) is 16.9 Å². The van der Waals surface area contributed by atoms with Crippen LogP contribution in [0, 0.1) is 0 Å². The van der Waals surface area contributed by atoms with Crippen LogP contribution in [-0.4, -0.2) is 62.0 Å². The number of carbonyl (C=O) groups is 2. The van der Waals surface area contributed by atoms with Crippen molar-refractivity contribution >= 4 is 23.2 Å². The van der Waals surface area contributed by atoms with E-state index >= 15 is 0 Å². The first-order valence-electron chi connectivity index (χ1n) is 9.89. The van der Waals surface area contributed by atoms with Crippen LogP contribution >= 0.6 is 11.3 Å². The van der Waals surface area contributed by atoms with Gasteiger partial charge in [-0.1, -0.05) is 12.1 Å². The fourth-order valence-electron chi connectivity index (χ4n) is 3.54. The molecule has 7 heteroatoms. The predicted octanol–water partition coefficient (Wildman–Crippen LogP) is 3.00. The van der Waals surface area contributed by atoms with Gasteiger partial charge in [0.15, 0.2) is 11.5 Å². The lowest BCUT2D eigenvalue weighted by molar-refractivity contribution is -0.133. The maximum absolute atomic E-state index is 12.7. The van der Waals surface area contributed by atoms with E-state index in [0.29, 0.717) is 56.9 Å². The molecule has 1 aromatic carbocycles. The zero-order valence-electron chi connectivity index (χ0n) is 17.1. The highest BCUT2D eigenvalue weighted by Crippen LogP contribution is 2.28. The average Bonchev–Trinajstić information content (AvgIpc) is 3.12. The number of benzene rings is 1. The van der Waals surface area contributed by atoms with E-state index in [1.54, 1.807) is 25.6 Å². The maximum atomic E-state index is 12.7. The van der Waals surface area contributed by atoms with Gasteiger partial charge in [0, 0.05) is 37.5 Å². The number of aryl methyl sites for hydroxylation is 1. The lowest BCUT2D eigenvalue weighted by Gasteiger charge is -2.22. The molecule has 2 heterocycles.